The molecule has 23 heavy (non-hydrogen) atoms. The number of rotatable bonds is 8. The van der Waals surface area contributed by atoms with Gasteiger partial charge in [-0.2, -0.15) is 0 Å². The number of thiazole rings is 1. The van der Waals surface area contributed by atoms with E-state index in [0.29, 0.717) is 25.2 Å². The van der Waals surface area contributed by atoms with Crippen molar-refractivity contribution in [3.63, 3.8) is 0 Å². The van der Waals surface area contributed by atoms with E-state index in [1.165, 1.54) is 0 Å². The molecule has 1 unspecified atom stereocenters. The van der Waals surface area contributed by atoms with Gasteiger partial charge in [-0.25, -0.2) is 9.78 Å². The van der Waals surface area contributed by atoms with Crippen molar-refractivity contribution in [2.45, 2.75) is 44.6 Å². The lowest BCUT2D eigenvalue weighted by molar-refractivity contribution is -0.142. The standard InChI is InChI=1S/C17H20N2O3S/c20-15(18-13(17(21)22)10-11-8-9-11)6-3-7-16-19-12-4-1-2-5-14(12)23-16/h1-2,4-5,11,13H,3,6-10H2,(H,18,20)(H,21,22). The Hall–Kier alpha value is -1.95. The summed E-state index contributed by atoms with van der Waals surface area (Å²) in [6.45, 7) is 0. The minimum absolute atomic E-state index is 0.181. The van der Waals surface area contributed by atoms with Gasteiger partial charge in [-0.3, -0.25) is 4.79 Å². The van der Waals surface area contributed by atoms with Crippen LogP contribution in [0.25, 0.3) is 10.2 Å². The summed E-state index contributed by atoms with van der Waals surface area (Å²) in [6, 6.07) is 7.24. The monoisotopic (exact) mass is 332 g/mol. The number of carbonyl (C=O) groups excluding carboxylic acids is 1. The van der Waals surface area contributed by atoms with Crippen LogP contribution in [0.3, 0.4) is 0 Å². The molecule has 0 bridgehead atoms. The van der Waals surface area contributed by atoms with Gasteiger partial charge in [0.1, 0.15) is 6.04 Å². The first-order valence-corrected chi connectivity index (χ1v) is 8.80. The fourth-order valence-corrected chi connectivity index (χ4v) is 3.61. The van der Waals surface area contributed by atoms with Crippen molar-refractivity contribution in [3.8, 4) is 0 Å². The normalized spacial score (nSPS) is 15.5. The third-order valence-corrected chi connectivity index (χ3v) is 5.13. The number of nitrogens with one attached hydrogen (secondary N) is 1. The number of hydrogen-bond donors (Lipinski definition) is 2. The van der Waals surface area contributed by atoms with Crippen molar-refractivity contribution in [1.82, 2.24) is 10.3 Å². The van der Waals surface area contributed by atoms with E-state index in [1.54, 1.807) is 11.3 Å². The number of benzene rings is 1. The first-order chi connectivity index (χ1) is 11.1. The van der Waals surface area contributed by atoms with E-state index in [1.807, 2.05) is 24.3 Å². The molecule has 0 radical (unpaired) electrons. The zero-order valence-corrected chi connectivity index (χ0v) is 13.6. The van der Waals surface area contributed by atoms with Gasteiger partial charge >= 0.3 is 5.97 Å². The summed E-state index contributed by atoms with van der Waals surface area (Å²) in [7, 11) is 0. The van der Waals surface area contributed by atoms with E-state index < -0.39 is 12.0 Å². The molecule has 1 aliphatic carbocycles. The van der Waals surface area contributed by atoms with Gasteiger partial charge in [0.25, 0.3) is 0 Å². The fraction of sp³-hybridized carbons (Fsp3) is 0.471. The number of nitrogens with zero attached hydrogens (tertiary/aromatic N) is 1. The van der Waals surface area contributed by atoms with Gasteiger partial charge in [-0.1, -0.05) is 25.0 Å². The van der Waals surface area contributed by atoms with E-state index in [2.05, 4.69) is 10.3 Å². The Balaban J connectivity index is 1.45. The quantitative estimate of drug-likeness (QED) is 0.779. The zero-order chi connectivity index (χ0) is 16.2. The van der Waals surface area contributed by atoms with Gasteiger partial charge in [0.2, 0.25) is 5.91 Å². The third kappa shape index (κ3) is 4.51. The number of aliphatic carboxylic acids is 1. The molecule has 1 aromatic carbocycles. The topological polar surface area (TPSA) is 79.3 Å². The van der Waals surface area contributed by atoms with Crippen molar-refractivity contribution < 1.29 is 14.7 Å². The molecule has 1 heterocycles. The smallest absolute Gasteiger partial charge is 0.326 e. The first-order valence-electron chi connectivity index (χ1n) is 7.98. The van der Waals surface area contributed by atoms with Crippen LogP contribution in [0.5, 0.6) is 0 Å². The SMILES string of the molecule is O=C(CCCc1nc2ccccc2s1)NC(CC1CC1)C(=O)O. The Kier molecular flexibility index (Phi) is 4.91. The Bertz CT molecular complexity index is 676. The van der Waals surface area contributed by atoms with Crippen LogP contribution in [0.4, 0.5) is 0 Å². The molecule has 0 spiro atoms. The van der Waals surface area contributed by atoms with E-state index >= 15 is 0 Å². The van der Waals surface area contributed by atoms with E-state index in [-0.39, 0.29) is 5.91 Å². The number of fused-ring (bicyclic) bond motifs is 1. The summed E-state index contributed by atoms with van der Waals surface area (Å²) in [4.78, 5) is 27.6. The number of amides is 1. The van der Waals surface area contributed by atoms with Crippen LogP contribution in [0.15, 0.2) is 24.3 Å². The average Bonchev–Trinajstić information content (AvgIpc) is 3.23. The molecular weight excluding hydrogens is 312 g/mol. The number of para-hydroxylation sites is 1. The minimum atomic E-state index is -0.934. The van der Waals surface area contributed by atoms with Crippen LogP contribution in [-0.2, 0) is 16.0 Å². The first kappa shape index (κ1) is 15.9. The second-order valence-electron chi connectivity index (χ2n) is 6.07. The molecular formula is C17H20N2O3S. The van der Waals surface area contributed by atoms with Crippen LogP contribution in [0, 0.1) is 5.92 Å². The van der Waals surface area contributed by atoms with Crippen molar-refractivity contribution in [2.24, 2.45) is 5.92 Å². The van der Waals surface area contributed by atoms with E-state index in [0.717, 1.165) is 34.5 Å². The zero-order valence-electron chi connectivity index (χ0n) is 12.8. The molecule has 122 valence electrons. The Morgan fingerprint density at radius 3 is 2.83 bits per heavy atom. The van der Waals surface area contributed by atoms with Gasteiger partial charge in [-0.05, 0) is 37.3 Å². The molecule has 1 amide bonds. The van der Waals surface area contributed by atoms with Crippen molar-refractivity contribution in [1.29, 1.82) is 0 Å². The molecule has 1 atom stereocenters. The number of hydrogen-bond acceptors (Lipinski definition) is 4. The van der Waals surface area contributed by atoms with Crippen LogP contribution in [0.2, 0.25) is 0 Å². The van der Waals surface area contributed by atoms with Crippen LogP contribution in [0.1, 0.15) is 37.1 Å². The molecule has 1 fully saturated rings. The summed E-state index contributed by atoms with van der Waals surface area (Å²) in [6.07, 6.45) is 4.48. The molecule has 2 N–H and O–H groups in total. The van der Waals surface area contributed by atoms with Crippen LogP contribution in [-0.4, -0.2) is 28.0 Å². The highest BCUT2D eigenvalue weighted by Gasteiger charge is 2.29. The minimum Gasteiger partial charge on any atom is -0.480 e. The van der Waals surface area contributed by atoms with Crippen molar-refractivity contribution in [2.75, 3.05) is 0 Å². The summed E-state index contributed by atoms with van der Waals surface area (Å²) >= 11 is 1.65. The number of carboxylic acid groups (broad SMARTS) is 1. The summed E-state index contributed by atoms with van der Waals surface area (Å²) in [5, 5.41) is 12.8. The largest absolute Gasteiger partial charge is 0.480 e. The molecule has 1 aromatic heterocycles. The summed E-state index contributed by atoms with van der Waals surface area (Å²) in [5.74, 6) is -0.644. The Labute approximate surface area is 138 Å². The fourth-order valence-electron chi connectivity index (χ4n) is 2.60. The summed E-state index contributed by atoms with van der Waals surface area (Å²) in [5.41, 5.74) is 0.993. The molecule has 0 aliphatic heterocycles. The lowest BCUT2D eigenvalue weighted by Gasteiger charge is -2.13. The van der Waals surface area contributed by atoms with Gasteiger partial charge < -0.3 is 10.4 Å². The number of aryl methyl sites for hydroxylation is 1. The molecule has 1 aliphatic rings. The molecule has 2 aromatic rings. The lowest BCUT2D eigenvalue weighted by atomic mass is 10.1. The van der Waals surface area contributed by atoms with Crippen molar-refractivity contribution >= 4 is 33.4 Å². The lowest BCUT2D eigenvalue weighted by Crippen LogP contribution is -2.41. The molecule has 5 nitrogen and oxygen atoms in total. The molecule has 1 saturated carbocycles. The molecule has 0 saturated heterocycles. The number of carbonyl (C=O) groups is 2. The van der Waals surface area contributed by atoms with Crippen molar-refractivity contribution in [3.05, 3.63) is 29.3 Å². The van der Waals surface area contributed by atoms with Gasteiger partial charge in [0.05, 0.1) is 15.2 Å². The highest BCUT2D eigenvalue weighted by Crippen LogP contribution is 2.33. The van der Waals surface area contributed by atoms with Gasteiger partial charge in [0.15, 0.2) is 0 Å². The Morgan fingerprint density at radius 2 is 2.13 bits per heavy atom. The van der Waals surface area contributed by atoms with Crippen LogP contribution >= 0.6 is 11.3 Å². The maximum atomic E-state index is 11.9. The molecule has 3 rings (SSSR count). The second kappa shape index (κ2) is 7.08. The van der Waals surface area contributed by atoms with Crippen LogP contribution < -0.4 is 5.32 Å². The maximum absolute atomic E-state index is 11.9. The van der Waals surface area contributed by atoms with Gasteiger partial charge in [0, 0.05) is 6.42 Å². The van der Waals surface area contributed by atoms with E-state index in [4.69, 9.17) is 5.11 Å². The predicted molar refractivity (Wildman–Crippen MR) is 89.5 cm³/mol. The third-order valence-electron chi connectivity index (χ3n) is 4.03. The maximum Gasteiger partial charge on any atom is 0.326 e. The average molecular weight is 332 g/mol. The predicted octanol–water partition coefficient (Wildman–Crippen LogP) is 2.99. The summed E-state index contributed by atoms with van der Waals surface area (Å²) < 4.78 is 1.15. The second-order valence-corrected chi connectivity index (χ2v) is 7.18. The highest BCUT2D eigenvalue weighted by atomic mass is 32.1. The van der Waals surface area contributed by atoms with E-state index in [9.17, 15) is 9.59 Å². The number of carboxylic acids is 1. The highest BCUT2D eigenvalue weighted by molar-refractivity contribution is 7.18. The molecule has 6 heteroatoms. The number of aromatic nitrogens is 1. The van der Waals surface area contributed by atoms with Gasteiger partial charge in [-0.15, -0.1) is 11.3 Å². The Morgan fingerprint density at radius 1 is 1.35 bits per heavy atom.